The lowest BCUT2D eigenvalue weighted by molar-refractivity contribution is -0.139. The van der Waals surface area contributed by atoms with Crippen LogP contribution < -0.4 is 5.32 Å². The molecule has 1 heterocycles. The average Bonchev–Trinajstić information content (AvgIpc) is 2.83. The lowest BCUT2D eigenvalue weighted by Crippen LogP contribution is -2.43. The molecule has 2 amide bonds. The van der Waals surface area contributed by atoms with E-state index in [0.29, 0.717) is 18.8 Å². The smallest absolute Gasteiger partial charge is 0.305 e. The van der Waals surface area contributed by atoms with Crippen LogP contribution in [-0.4, -0.2) is 63.4 Å². The van der Waals surface area contributed by atoms with Crippen LogP contribution in [0.25, 0.3) is 0 Å². The van der Waals surface area contributed by atoms with Crippen molar-refractivity contribution in [3.05, 3.63) is 65.2 Å². The molecule has 0 radical (unpaired) electrons. The maximum absolute atomic E-state index is 13.1. The molecular formula is C27H34FN3O5S. The topological polar surface area (TPSA) is 117 Å². The zero-order chi connectivity index (χ0) is 27.5. The Morgan fingerprint density at radius 2 is 1.59 bits per heavy atom. The van der Waals surface area contributed by atoms with Crippen LogP contribution in [-0.2, 0) is 15.3 Å². The van der Waals surface area contributed by atoms with Crippen molar-refractivity contribution in [2.45, 2.75) is 45.9 Å². The van der Waals surface area contributed by atoms with Gasteiger partial charge < -0.3 is 15.3 Å². The number of benzene rings is 1. The summed E-state index contributed by atoms with van der Waals surface area (Å²) in [5.74, 6) is -2.09. The van der Waals surface area contributed by atoms with Gasteiger partial charge in [0.2, 0.25) is 0 Å². The molecule has 10 heteroatoms. The Morgan fingerprint density at radius 1 is 1.00 bits per heavy atom. The Balaban J connectivity index is 2.09. The quantitative estimate of drug-likeness (QED) is 0.378. The van der Waals surface area contributed by atoms with Gasteiger partial charge in [-0.2, -0.15) is 0 Å². The number of amides is 2. The Bertz CT molecular complexity index is 1080. The van der Waals surface area contributed by atoms with E-state index in [2.05, 4.69) is 10.3 Å². The van der Waals surface area contributed by atoms with Crippen molar-refractivity contribution in [3.8, 4) is 0 Å². The van der Waals surface area contributed by atoms with E-state index >= 15 is 0 Å². The number of carbonyl (C=O) groups is 4. The number of pyridine rings is 1. The molecule has 0 aliphatic heterocycles. The second-order valence-electron chi connectivity index (χ2n) is 9.67. The highest BCUT2D eigenvalue weighted by atomic mass is 32.2. The van der Waals surface area contributed by atoms with E-state index in [0.717, 1.165) is 5.56 Å². The normalized spacial score (nSPS) is 11.9. The van der Waals surface area contributed by atoms with Crippen LogP contribution in [0, 0.1) is 17.7 Å². The van der Waals surface area contributed by atoms with Gasteiger partial charge in [-0.05, 0) is 35.6 Å². The number of nitrogens with zero attached hydrogens (tertiary/aromatic N) is 2. The van der Waals surface area contributed by atoms with Gasteiger partial charge in [-0.25, -0.2) is 4.39 Å². The monoisotopic (exact) mass is 531 g/mol. The zero-order valence-electron chi connectivity index (χ0n) is 21.6. The summed E-state index contributed by atoms with van der Waals surface area (Å²) in [6, 6.07) is 6.02. The van der Waals surface area contributed by atoms with Crippen molar-refractivity contribution in [2.75, 3.05) is 18.8 Å². The van der Waals surface area contributed by atoms with Crippen LogP contribution in [0.15, 0.2) is 42.7 Å². The summed E-state index contributed by atoms with van der Waals surface area (Å²) in [6.07, 6.45) is 2.08. The Kier molecular flexibility index (Phi) is 11.7. The third kappa shape index (κ3) is 10.3. The van der Waals surface area contributed by atoms with Crippen LogP contribution in [0.3, 0.4) is 0 Å². The minimum absolute atomic E-state index is 0.0360. The van der Waals surface area contributed by atoms with E-state index < -0.39 is 30.1 Å². The van der Waals surface area contributed by atoms with Gasteiger partial charge in [-0.15, -0.1) is 11.8 Å². The second-order valence-corrected chi connectivity index (χ2v) is 10.7. The van der Waals surface area contributed by atoms with E-state index in [1.165, 1.54) is 42.4 Å². The van der Waals surface area contributed by atoms with Gasteiger partial charge in [-0.1, -0.05) is 39.8 Å². The lowest BCUT2D eigenvalue weighted by Gasteiger charge is -2.26. The van der Waals surface area contributed by atoms with E-state index in [1.54, 1.807) is 17.0 Å². The molecule has 8 nitrogen and oxygen atoms in total. The number of carboxylic acids is 1. The molecule has 0 aliphatic carbocycles. The molecule has 2 aromatic rings. The number of nitrogens with one attached hydrogen (secondary N) is 1. The standard InChI is InChI=1S/C27H34FN3O5S/c1-17(2)13-31(14-18(3)4)27(36)21-9-20(11-29-12-21)26(35)30-23(10-25(33)34)24(32)16-37-15-19-5-7-22(28)8-6-19/h5-9,11-12,17-18,23H,10,13-16H2,1-4H3,(H,30,35)(H,33,34)/t23-/m0/s1. The first kappa shape index (κ1) is 30.0. The zero-order valence-corrected chi connectivity index (χ0v) is 22.4. The lowest BCUT2D eigenvalue weighted by atomic mass is 10.1. The fourth-order valence-electron chi connectivity index (χ4n) is 3.60. The maximum Gasteiger partial charge on any atom is 0.305 e. The molecule has 1 atom stereocenters. The molecule has 0 spiro atoms. The van der Waals surface area contributed by atoms with Crippen LogP contribution in [0.1, 0.15) is 60.4 Å². The highest BCUT2D eigenvalue weighted by molar-refractivity contribution is 7.99. The summed E-state index contributed by atoms with van der Waals surface area (Å²) in [5.41, 5.74) is 1.11. The first-order valence-corrected chi connectivity index (χ1v) is 13.2. The molecule has 0 fully saturated rings. The predicted octanol–water partition coefficient (Wildman–Crippen LogP) is 4.05. The van der Waals surface area contributed by atoms with Gasteiger partial charge in [0.15, 0.2) is 5.78 Å². The molecule has 2 rings (SSSR count). The molecule has 0 bridgehead atoms. The fraction of sp³-hybridized carbons (Fsp3) is 0.444. The summed E-state index contributed by atoms with van der Waals surface area (Å²) in [7, 11) is 0. The Hall–Kier alpha value is -3.27. The van der Waals surface area contributed by atoms with Crippen molar-refractivity contribution in [1.82, 2.24) is 15.2 Å². The highest BCUT2D eigenvalue weighted by Gasteiger charge is 2.25. The minimum atomic E-state index is -1.25. The van der Waals surface area contributed by atoms with Crippen LogP contribution in [0.5, 0.6) is 0 Å². The van der Waals surface area contributed by atoms with E-state index in [9.17, 15) is 28.7 Å². The van der Waals surface area contributed by atoms with Crippen molar-refractivity contribution in [1.29, 1.82) is 0 Å². The number of hydrogen-bond donors (Lipinski definition) is 2. The minimum Gasteiger partial charge on any atom is -0.481 e. The van der Waals surface area contributed by atoms with Crippen molar-refractivity contribution < 1.29 is 28.7 Å². The van der Waals surface area contributed by atoms with Gasteiger partial charge in [0.1, 0.15) is 5.82 Å². The second kappa shape index (κ2) is 14.5. The number of rotatable bonds is 14. The highest BCUT2D eigenvalue weighted by Crippen LogP contribution is 2.15. The molecular weight excluding hydrogens is 497 g/mol. The van der Waals surface area contributed by atoms with Gasteiger partial charge in [0.05, 0.1) is 29.3 Å². The van der Waals surface area contributed by atoms with Gasteiger partial charge in [0, 0.05) is 31.2 Å². The number of hydrogen-bond acceptors (Lipinski definition) is 6. The number of thioether (sulfide) groups is 1. The largest absolute Gasteiger partial charge is 0.481 e. The number of aromatic nitrogens is 1. The van der Waals surface area contributed by atoms with Gasteiger partial charge >= 0.3 is 5.97 Å². The number of aliphatic carboxylic acids is 1. The number of Topliss-reactive ketones (excluding diaryl/α,β-unsaturated/α-hetero) is 1. The number of carboxylic acid groups (broad SMARTS) is 1. The van der Waals surface area contributed by atoms with Crippen molar-refractivity contribution in [2.24, 2.45) is 11.8 Å². The molecule has 0 aliphatic rings. The molecule has 0 saturated carbocycles. The maximum atomic E-state index is 13.1. The summed E-state index contributed by atoms with van der Waals surface area (Å²) in [4.78, 5) is 55.8. The number of carbonyl (C=O) groups excluding carboxylic acids is 3. The van der Waals surface area contributed by atoms with E-state index in [4.69, 9.17) is 0 Å². The number of ketones is 1. The van der Waals surface area contributed by atoms with Crippen LogP contribution >= 0.6 is 11.8 Å². The molecule has 200 valence electrons. The summed E-state index contributed by atoms with van der Waals surface area (Å²) in [6.45, 7) is 9.16. The predicted molar refractivity (Wildman–Crippen MR) is 141 cm³/mol. The molecule has 1 aromatic heterocycles. The third-order valence-corrected chi connectivity index (χ3v) is 6.23. The summed E-state index contributed by atoms with van der Waals surface area (Å²) >= 11 is 1.24. The molecule has 37 heavy (non-hydrogen) atoms. The molecule has 0 unspecified atom stereocenters. The molecule has 2 N–H and O–H groups in total. The van der Waals surface area contributed by atoms with Crippen LogP contribution in [0.2, 0.25) is 0 Å². The first-order chi connectivity index (χ1) is 17.5. The van der Waals surface area contributed by atoms with Crippen molar-refractivity contribution in [3.63, 3.8) is 0 Å². The molecule has 1 aromatic carbocycles. The molecule has 0 saturated heterocycles. The summed E-state index contributed by atoms with van der Waals surface area (Å²) in [5, 5.41) is 11.7. The van der Waals surface area contributed by atoms with E-state index in [1.807, 2.05) is 27.7 Å². The average molecular weight is 532 g/mol. The summed E-state index contributed by atoms with van der Waals surface area (Å²) < 4.78 is 13.1. The SMILES string of the molecule is CC(C)CN(CC(C)C)C(=O)c1cncc(C(=O)N[C@@H](CC(=O)O)C(=O)CSCc2ccc(F)cc2)c1. The Labute approximate surface area is 221 Å². The Morgan fingerprint density at radius 3 is 2.16 bits per heavy atom. The van der Waals surface area contributed by atoms with Gasteiger partial charge in [-0.3, -0.25) is 24.2 Å². The van der Waals surface area contributed by atoms with Crippen LogP contribution in [0.4, 0.5) is 4.39 Å². The third-order valence-electron chi connectivity index (χ3n) is 5.20. The fourth-order valence-corrected chi connectivity index (χ4v) is 4.53. The van der Waals surface area contributed by atoms with E-state index in [-0.39, 0.29) is 40.4 Å². The van der Waals surface area contributed by atoms with Crippen molar-refractivity contribution >= 4 is 35.3 Å². The number of halogens is 1. The van der Waals surface area contributed by atoms with Gasteiger partial charge in [0.25, 0.3) is 11.8 Å². The first-order valence-electron chi connectivity index (χ1n) is 12.1.